The predicted octanol–water partition coefficient (Wildman–Crippen LogP) is 3.30. The smallest absolute Gasteiger partial charge is 0.0910 e. The lowest BCUT2D eigenvalue weighted by Gasteiger charge is -1.96. The molecule has 0 aliphatic heterocycles. The van der Waals surface area contributed by atoms with Gasteiger partial charge in [0.15, 0.2) is 0 Å². The Hall–Kier alpha value is -1.31. The highest BCUT2D eigenvalue weighted by Crippen LogP contribution is 2.17. The van der Waals surface area contributed by atoms with Gasteiger partial charge in [0.1, 0.15) is 0 Å². The van der Waals surface area contributed by atoms with Crippen molar-refractivity contribution >= 4 is 11.0 Å². The number of aromatic nitrogens is 2. The fourth-order valence-electron chi connectivity index (χ4n) is 1.77. The Balaban J connectivity index is 2.17. The minimum Gasteiger partial charge on any atom is -0.360 e. The topological polar surface area (TPSA) is 28.7 Å². The number of aryl methyl sites for hydroxylation is 1. The molecule has 0 saturated carbocycles. The van der Waals surface area contributed by atoms with E-state index >= 15 is 0 Å². The van der Waals surface area contributed by atoms with Crippen LogP contribution in [0, 0.1) is 0 Å². The number of H-pyrrole nitrogens is 1. The molecule has 0 aromatic carbocycles. The lowest BCUT2D eigenvalue weighted by molar-refractivity contribution is 0.719. The van der Waals surface area contributed by atoms with Crippen LogP contribution in [0.15, 0.2) is 24.5 Å². The molecule has 2 aromatic heterocycles. The second-order valence-electron chi connectivity index (χ2n) is 3.67. The molecule has 2 heterocycles. The second kappa shape index (κ2) is 4.27. The number of pyridine rings is 1. The molecule has 14 heavy (non-hydrogen) atoms. The molecule has 0 atom stereocenters. The maximum atomic E-state index is 4.39. The van der Waals surface area contributed by atoms with Crippen LogP contribution in [0.25, 0.3) is 11.0 Å². The van der Waals surface area contributed by atoms with Gasteiger partial charge in [-0.3, -0.25) is 4.98 Å². The zero-order valence-corrected chi connectivity index (χ0v) is 8.59. The molecule has 2 aromatic rings. The van der Waals surface area contributed by atoms with Crippen molar-refractivity contribution in [1.82, 2.24) is 9.97 Å². The lowest BCUT2D eigenvalue weighted by atomic mass is 10.1. The summed E-state index contributed by atoms with van der Waals surface area (Å²) in [7, 11) is 0. The number of fused-ring (bicyclic) bond motifs is 1. The number of unbranched alkanes of at least 4 members (excludes halogenated alkanes) is 2. The van der Waals surface area contributed by atoms with Gasteiger partial charge in [-0.1, -0.05) is 19.8 Å². The van der Waals surface area contributed by atoms with Gasteiger partial charge in [-0.2, -0.15) is 0 Å². The van der Waals surface area contributed by atoms with Crippen LogP contribution >= 0.6 is 0 Å². The van der Waals surface area contributed by atoms with Crippen LogP contribution in [0.3, 0.4) is 0 Å². The molecule has 0 aliphatic rings. The standard InChI is InChI=1S/C12H16N2/c1-2-3-4-6-10-9-14-11-7-5-8-13-12(10)11/h5,7-9,14H,2-4,6H2,1H3. The quantitative estimate of drug-likeness (QED) is 0.733. The van der Waals surface area contributed by atoms with Crippen LogP contribution in [0.5, 0.6) is 0 Å². The average molecular weight is 188 g/mol. The molecule has 0 aliphatic carbocycles. The van der Waals surface area contributed by atoms with Gasteiger partial charge >= 0.3 is 0 Å². The SMILES string of the molecule is CCCCCc1c[nH]c2cccnc12. The van der Waals surface area contributed by atoms with Crippen molar-refractivity contribution in [3.63, 3.8) is 0 Å². The van der Waals surface area contributed by atoms with Crippen LogP contribution in [0.4, 0.5) is 0 Å². The van der Waals surface area contributed by atoms with Crippen molar-refractivity contribution in [2.24, 2.45) is 0 Å². The Bertz CT molecular complexity index is 403. The third kappa shape index (κ3) is 1.79. The van der Waals surface area contributed by atoms with E-state index in [-0.39, 0.29) is 0 Å². The summed E-state index contributed by atoms with van der Waals surface area (Å²) in [6, 6.07) is 4.04. The van der Waals surface area contributed by atoms with Crippen molar-refractivity contribution in [1.29, 1.82) is 0 Å². The molecule has 0 unspecified atom stereocenters. The molecule has 2 heteroatoms. The highest BCUT2D eigenvalue weighted by Gasteiger charge is 2.02. The van der Waals surface area contributed by atoms with Crippen LogP contribution in [-0.2, 0) is 6.42 Å². The summed E-state index contributed by atoms with van der Waals surface area (Å²) >= 11 is 0. The van der Waals surface area contributed by atoms with Gasteiger partial charge in [-0.25, -0.2) is 0 Å². The molecule has 2 nitrogen and oxygen atoms in total. The van der Waals surface area contributed by atoms with Crippen molar-refractivity contribution in [3.05, 3.63) is 30.1 Å². The summed E-state index contributed by atoms with van der Waals surface area (Å²) in [4.78, 5) is 7.64. The van der Waals surface area contributed by atoms with Crippen molar-refractivity contribution in [3.8, 4) is 0 Å². The van der Waals surface area contributed by atoms with E-state index in [0.29, 0.717) is 0 Å². The Morgan fingerprint density at radius 3 is 3.14 bits per heavy atom. The van der Waals surface area contributed by atoms with E-state index < -0.39 is 0 Å². The minimum absolute atomic E-state index is 1.14. The second-order valence-corrected chi connectivity index (χ2v) is 3.67. The molecule has 0 spiro atoms. The monoisotopic (exact) mass is 188 g/mol. The van der Waals surface area contributed by atoms with Gasteiger partial charge in [-0.15, -0.1) is 0 Å². The maximum absolute atomic E-state index is 4.39. The molecule has 0 amide bonds. The van der Waals surface area contributed by atoms with Crippen molar-refractivity contribution in [2.45, 2.75) is 32.6 Å². The van der Waals surface area contributed by atoms with Gasteiger partial charge < -0.3 is 4.98 Å². The molecule has 1 N–H and O–H groups in total. The zero-order valence-electron chi connectivity index (χ0n) is 8.59. The van der Waals surface area contributed by atoms with Crippen LogP contribution in [0.2, 0.25) is 0 Å². The highest BCUT2D eigenvalue weighted by molar-refractivity contribution is 5.78. The maximum Gasteiger partial charge on any atom is 0.0910 e. The predicted molar refractivity (Wildman–Crippen MR) is 59.3 cm³/mol. The molecule has 0 radical (unpaired) electrons. The van der Waals surface area contributed by atoms with E-state index in [2.05, 4.69) is 29.2 Å². The normalized spacial score (nSPS) is 10.9. The first-order valence-corrected chi connectivity index (χ1v) is 5.33. The molecule has 2 rings (SSSR count). The van der Waals surface area contributed by atoms with E-state index in [9.17, 15) is 0 Å². The summed E-state index contributed by atoms with van der Waals surface area (Å²) in [6.45, 7) is 2.23. The minimum atomic E-state index is 1.14. The lowest BCUT2D eigenvalue weighted by Crippen LogP contribution is -1.84. The molecule has 0 saturated heterocycles. The largest absolute Gasteiger partial charge is 0.360 e. The third-order valence-corrected chi connectivity index (χ3v) is 2.56. The summed E-state index contributed by atoms with van der Waals surface area (Å²) in [6.07, 6.45) is 8.94. The highest BCUT2D eigenvalue weighted by atomic mass is 14.8. The first-order chi connectivity index (χ1) is 6.92. The van der Waals surface area contributed by atoms with Crippen LogP contribution < -0.4 is 0 Å². The van der Waals surface area contributed by atoms with Crippen molar-refractivity contribution in [2.75, 3.05) is 0 Å². The third-order valence-electron chi connectivity index (χ3n) is 2.56. The fraction of sp³-hybridized carbons (Fsp3) is 0.417. The van der Waals surface area contributed by atoms with E-state index in [0.717, 1.165) is 17.5 Å². The number of hydrogen-bond donors (Lipinski definition) is 1. The van der Waals surface area contributed by atoms with Crippen molar-refractivity contribution < 1.29 is 0 Å². The fourth-order valence-corrected chi connectivity index (χ4v) is 1.77. The summed E-state index contributed by atoms with van der Waals surface area (Å²) in [5.74, 6) is 0. The summed E-state index contributed by atoms with van der Waals surface area (Å²) in [5.41, 5.74) is 3.65. The molecular weight excluding hydrogens is 172 g/mol. The molecule has 0 fully saturated rings. The molecular formula is C12H16N2. The van der Waals surface area contributed by atoms with Gasteiger partial charge in [0.2, 0.25) is 0 Å². The zero-order chi connectivity index (χ0) is 9.80. The number of nitrogens with zero attached hydrogens (tertiary/aromatic N) is 1. The number of hydrogen-bond acceptors (Lipinski definition) is 1. The van der Waals surface area contributed by atoms with Gasteiger partial charge in [-0.05, 0) is 30.5 Å². The Labute approximate surface area is 84.4 Å². The number of aromatic amines is 1. The van der Waals surface area contributed by atoms with Gasteiger partial charge in [0.05, 0.1) is 11.0 Å². The first kappa shape index (κ1) is 9.25. The Morgan fingerprint density at radius 2 is 2.29 bits per heavy atom. The molecule has 74 valence electrons. The molecule has 0 bridgehead atoms. The first-order valence-electron chi connectivity index (χ1n) is 5.33. The van der Waals surface area contributed by atoms with E-state index in [1.165, 1.54) is 24.8 Å². The van der Waals surface area contributed by atoms with Gasteiger partial charge in [0.25, 0.3) is 0 Å². The number of nitrogens with one attached hydrogen (secondary N) is 1. The van der Waals surface area contributed by atoms with E-state index in [1.54, 1.807) is 0 Å². The number of rotatable bonds is 4. The summed E-state index contributed by atoms with van der Waals surface area (Å²) < 4.78 is 0. The van der Waals surface area contributed by atoms with Crippen LogP contribution in [-0.4, -0.2) is 9.97 Å². The van der Waals surface area contributed by atoms with E-state index in [1.807, 2.05) is 12.3 Å². The summed E-state index contributed by atoms with van der Waals surface area (Å²) in [5, 5.41) is 0. The van der Waals surface area contributed by atoms with Gasteiger partial charge in [0, 0.05) is 12.4 Å². The average Bonchev–Trinajstić information content (AvgIpc) is 2.63. The Kier molecular flexibility index (Phi) is 2.82. The Morgan fingerprint density at radius 1 is 1.36 bits per heavy atom. The van der Waals surface area contributed by atoms with E-state index in [4.69, 9.17) is 0 Å². The van der Waals surface area contributed by atoms with Crippen LogP contribution in [0.1, 0.15) is 31.7 Å².